The van der Waals surface area contributed by atoms with Gasteiger partial charge in [0.15, 0.2) is 0 Å². The Labute approximate surface area is 173 Å². The van der Waals surface area contributed by atoms with Crippen molar-refractivity contribution in [1.29, 1.82) is 0 Å². The number of aromatic hydroxyl groups is 2. The summed E-state index contributed by atoms with van der Waals surface area (Å²) in [6.45, 7) is 7.37. The van der Waals surface area contributed by atoms with E-state index in [1.54, 1.807) is 25.1 Å². The highest BCUT2D eigenvalue weighted by Crippen LogP contribution is 2.68. The topological polar surface area (TPSA) is 88.4 Å². The van der Waals surface area contributed by atoms with Gasteiger partial charge in [0.05, 0.1) is 22.9 Å². The summed E-state index contributed by atoms with van der Waals surface area (Å²) in [5.41, 5.74) is -0.942. The van der Waals surface area contributed by atoms with Crippen LogP contribution in [0.1, 0.15) is 43.0 Å². The smallest absolute Gasteiger partial charge is 0.248 e. The van der Waals surface area contributed by atoms with E-state index in [9.17, 15) is 15.3 Å². The fourth-order valence-corrected chi connectivity index (χ4v) is 5.49. The van der Waals surface area contributed by atoms with Gasteiger partial charge >= 0.3 is 0 Å². The van der Waals surface area contributed by atoms with E-state index in [4.69, 9.17) is 25.8 Å². The second-order valence-corrected chi connectivity index (χ2v) is 8.97. The van der Waals surface area contributed by atoms with Gasteiger partial charge in [0, 0.05) is 5.56 Å². The molecule has 0 fully saturated rings. The molecule has 0 saturated carbocycles. The third-order valence-electron chi connectivity index (χ3n) is 6.62. The lowest BCUT2D eigenvalue weighted by Crippen LogP contribution is -2.54. The first kappa shape index (κ1) is 18.9. The molecule has 0 aromatic heterocycles. The lowest BCUT2D eigenvalue weighted by atomic mass is 9.77. The van der Waals surface area contributed by atoms with Crippen LogP contribution in [0.4, 0.5) is 0 Å². The lowest BCUT2D eigenvalue weighted by Gasteiger charge is -2.45. The molecule has 3 N–H and O–H groups in total. The van der Waals surface area contributed by atoms with E-state index in [1.807, 2.05) is 20.8 Å². The predicted molar refractivity (Wildman–Crippen MR) is 106 cm³/mol. The van der Waals surface area contributed by atoms with Crippen LogP contribution in [0.5, 0.6) is 23.0 Å². The van der Waals surface area contributed by atoms with Crippen LogP contribution in [-0.4, -0.2) is 32.9 Å². The van der Waals surface area contributed by atoms with Gasteiger partial charge < -0.3 is 29.5 Å². The molecule has 2 aliphatic heterocycles. The standard InChI is InChI=1S/C22H23ClO6/c1-10-8-13(25)17-18-19(10)29-20(3,4)15(9-23)28-22(18)11(2)21(17,26)16-12(24)6-5-7-14(16)27-22/h5-8,11,15,24-26H,9H2,1-4H3. The van der Waals surface area contributed by atoms with Crippen molar-refractivity contribution in [3.63, 3.8) is 0 Å². The average Bonchev–Trinajstić information content (AvgIpc) is 2.73. The summed E-state index contributed by atoms with van der Waals surface area (Å²) in [5, 5.41) is 33.5. The summed E-state index contributed by atoms with van der Waals surface area (Å²) in [4.78, 5) is 0. The predicted octanol–water partition coefficient (Wildman–Crippen LogP) is 3.63. The lowest BCUT2D eigenvalue weighted by molar-refractivity contribution is -0.280. The summed E-state index contributed by atoms with van der Waals surface area (Å²) < 4.78 is 19.3. The monoisotopic (exact) mass is 418 g/mol. The first-order chi connectivity index (χ1) is 13.6. The van der Waals surface area contributed by atoms with Crippen molar-refractivity contribution in [2.45, 2.75) is 50.8 Å². The quantitative estimate of drug-likeness (QED) is 0.613. The van der Waals surface area contributed by atoms with E-state index in [-0.39, 0.29) is 34.3 Å². The highest BCUT2D eigenvalue weighted by Gasteiger charge is 2.70. The molecule has 2 bridgehead atoms. The molecular weight excluding hydrogens is 396 g/mol. The van der Waals surface area contributed by atoms with Crippen molar-refractivity contribution in [2.24, 2.45) is 5.92 Å². The van der Waals surface area contributed by atoms with Gasteiger partial charge in [-0.15, -0.1) is 11.6 Å². The molecule has 29 heavy (non-hydrogen) atoms. The molecule has 0 saturated heterocycles. The van der Waals surface area contributed by atoms with Gasteiger partial charge in [-0.05, 0) is 44.5 Å². The van der Waals surface area contributed by atoms with Gasteiger partial charge in [0.1, 0.15) is 40.3 Å². The fourth-order valence-electron chi connectivity index (χ4n) is 5.06. The second-order valence-electron chi connectivity index (χ2n) is 8.67. The Morgan fingerprint density at radius 3 is 2.48 bits per heavy atom. The van der Waals surface area contributed by atoms with Crippen LogP contribution in [0.25, 0.3) is 0 Å². The van der Waals surface area contributed by atoms with E-state index in [0.29, 0.717) is 16.9 Å². The average molecular weight is 419 g/mol. The highest BCUT2D eigenvalue weighted by molar-refractivity contribution is 6.18. The first-order valence-electron chi connectivity index (χ1n) is 9.62. The van der Waals surface area contributed by atoms with Crippen LogP contribution in [-0.2, 0) is 16.1 Å². The number of hydrogen-bond donors (Lipinski definition) is 3. The van der Waals surface area contributed by atoms with Gasteiger partial charge in [-0.3, -0.25) is 0 Å². The van der Waals surface area contributed by atoms with Gasteiger partial charge in [-0.1, -0.05) is 13.0 Å². The number of benzene rings is 2. The van der Waals surface area contributed by atoms with E-state index in [1.165, 1.54) is 6.07 Å². The van der Waals surface area contributed by atoms with Crippen molar-refractivity contribution in [1.82, 2.24) is 0 Å². The second kappa shape index (κ2) is 5.50. The minimum Gasteiger partial charge on any atom is -0.508 e. The van der Waals surface area contributed by atoms with E-state index >= 15 is 0 Å². The van der Waals surface area contributed by atoms with E-state index < -0.39 is 29.0 Å². The minimum absolute atomic E-state index is 0.105. The third kappa shape index (κ3) is 2.04. The van der Waals surface area contributed by atoms with Crippen LogP contribution in [0.2, 0.25) is 0 Å². The number of fused-ring (bicyclic) bond motifs is 4. The number of rotatable bonds is 1. The van der Waals surface area contributed by atoms with Gasteiger partial charge in [0.25, 0.3) is 0 Å². The molecule has 6 nitrogen and oxygen atoms in total. The highest BCUT2D eigenvalue weighted by atomic mass is 35.5. The molecule has 154 valence electrons. The van der Waals surface area contributed by atoms with Gasteiger partial charge in [-0.25, -0.2) is 0 Å². The SMILES string of the molecule is Cc1cc(O)c2c3c1OC(C)(C)C(CCl)OC31Oc3cccc(O)c3C2(O)C1C. The van der Waals surface area contributed by atoms with Crippen molar-refractivity contribution >= 4 is 11.6 Å². The summed E-state index contributed by atoms with van der Waals surface area (Å²) in [6.07, 6.45) is -0.561. The first-order valence-corrected chi connectivity index (χ1v) is 10.2. The molecule has 2 heterocycles. The molecule has 3 aliphatic rings. The summed E-state index contributed by atoms with van der Waals surface area (Å²) in [6, 6.07) is 6.34. The molecule has 5 rings (SSSR count). The Morgan fingerprint density at radius 2 is 1.79 bits per heavy atom. The molecular formula is C22H23ClO6. The van der Waals surface area contributed by atoms with Crippen LogP contribution >= 0.6 is 11.6 Å². The number of phenolic OH excluding ortho intramolecular Hbond substituents is 2. The van der Waals surface area contributed by atoms with Crippen molar-refractivity contribution in [2.75, 3.05) is 5.88 Å². The van der Waals surface area contributed by atoms with Crippen LogP contribution < -0.4 is 9.47 Å². The number of aryl methyl sites for hydroxylation is 1. The molecule has 4 atom stereocenters. The normalized spacial score (nSPS) is 33.2. The maximum Gasteiger partial charge on any atom is 0.248 e. The number of halogens is 1. The molecule has 7 heteroatoms. The fraction of sp³-hybridized carbons (Fsp3) is 0.455. The molecule has 4 unspecified atom stereocenters. The van der Waals surface area contributed by atoms with E-state index in [0.717, 1.165) is 0 Å². The van der Waals surface area contributed by atoms with Crippen LogP contribution in [0.15, 0.2) is 24.3 Å². The van der Waals surface area contributed by atoms with Crippen molar-refractivity contribution in [3.05, 3.63) is 46.5 Å². The summed E-state index contributed by atoms with van der Waals surface area (Å²) >= 11 is 6.26. The molecule has 1 aliphatic carbocycles. The van der Waals surface area contributed by atoms with Gasteiger partial charge in [0.2, 0.25) is 5.79 Å². The Bertz CT molecular complexity index is 1050. The number of phenols is 2. The molecule has 0 amide bonds. The number of alkyl halides is 1. The Hall–Kier alpha value is -2.15. The minimum atomic E-state index is -1.73. The maximum atomic E-state index is 12.0. The Kier molecular flexibility index (Phi) is 3.58. The molecule has 0 radical (unpaired) electrons. The number of hydrogen-bond acceptors (Lipinski definition) is 6. The van der Waals surface area contributed by atoms with Gasteiger partial charge in [-0.2, -0.15) is 0 Å². The zero-order valence-corrected chi connectivity index (χ0v) is 17.4. The zero-order chi connectivity index (χ0) is 20.9. The van der Waals surface area contributed by atoms with Crippen LogP contribution in [0.3, 0.4) is 0 Å². The number of aliphatic hydroxyl groups is 1. The Morgan fingerprint density at radius 1 is 1.07 bits per heavy atom. The summed E-state index contributed by atoms with van der Waals surface area (Å²) in [5.74, 6) is -1.43. The maximum absolute atomic E-state index is 12.0. The van der Waals surface area contributed by atoms with Crippen molar-refractivity contribution < 1.29 is 29.5 Å². The molecule has 2 aromatic carbocycles. The number of ether oxygens (including phenoxy) is 3. The van der Waals surface area contributed by atoms with E-state index in [2.05, 4.69) is 0 Å². The molecule has 2 aromatic rings. The largest absolute Gasteiger partial charge is 0.508 e. The Balaban J connectivity index is 1.94. The van der Waals surface area contributed by atoms with Crippen molar-refractivity contribution in [3.8, 4) is 23.0 Å². The zero-order valence-electron chi connectivity index (χ0n) is 16.6. The van der Waals surface area contributed by atoms with Crippen LogP contribution in [0, 0.1) is 12.8 Å². The molecule has 1 spiro atoms. The third-order valence-corrected chi connectivity index (χ3v) is 6.90. The summed E-state index contributed by atoms with van der Waals surface area (Å²) in [7, 11) is 0.